The molecule has 2 aromatic heterocycles. The number of nitrogens with zero attached hydrogens (tertiary/aromatic N) is 3. The monoisotopic (exact) mass is 373 g/mol. The number of piperidine rings is 1. The summed E-state index contributed by atoms with van der Waals surface area (Å²) < 4.78 is 11.9. The molecule has 1 saturated heterocycles. The third-order valence-electron chi connectivity index (χ3n) is 5.45. The Hall–Kier alpha value is -2.92. The summed E-state index contributed by atoms with van der Waals surface area (Å²) in [5, 5.41) is 0. The highest BCUT2D eigenvalue weighted by Gasteiger charge is 2.26. The van der Waals surface area contributed by atoms with Crippen molar-refractivity contribution in [2.75, 3.05) is 13.1 Å². The number of aromatic nitrogens is 2. The van der Waals surface area contributed by atoms with Gasteiger partial charge in [-0.05, 0) is 50.6 Å². The standard InChI is InChI=1S/C23H23N3O2/c1-16-20(25-22(27-16)17-8-3-2-4-9-17)15-26-13-7-10-18(14-26)23-24-19-11-5-6-12-21(19)28-23/h2-6,8-9,11-12,18H,7,10,13-15H2,1H3. The number of hydrogen-bond donors (Lipinski definition) is 0. The highest BCUT2D eigenvalue weighted by Crippen LogP contribution is 2.30. The maximum atomic E-state index is 6.02. The van der Waals surface area contributed by atoms with Crippen LogP contribution in [-0.4, -0.2) is 28.0 Å². The smallest absolute Gasteiger partial charge is 0.226 e. The van der Waals surface area contributed by atoms with E-state index in [9.17, 15) is 0 Å². The summed E-state index contributed by atoms with van der Waals surface area (Å²) in [5.41, 5.74) is 3.83. The highest BCUT2D eigenvalue weighted by atomic mass is 16.4. The molecule has 5 heteroatoms. The van der Waals surface area contributed by atoms with Gasteiger partial charge in [-0.15, -0.1) is 0 Å². The Kier molecular flexibility index (Phi) is 4.45. The molecule has 0 aliphatic carbocycles. The fraction of sp³-hybridized carbons (Fsp3) is 0.304. The van der Waals surface area contributed by atoms with Gasteiger partial charge in [0, 0.05) is 24.6 Å². The van der Waals surface area contributed by atoms with Crippen LogP contribution in [0.1, 0.15) is 36.1 Å². The number of oxazole rings is 2. The summed E-state index contributed by atoms with van der Waals surface area (Å²) in [5.74, 6) is 2.76. The van der Waals surface area contributed by atoms with Crippen molar-refractivity contribution in [1.82, 2.24) is 14.9 Å². The molecule has 142 valence electrons. The molecule has 5 rings (SSSR count). The molecule has 28 heavy (non-hydrogen) atoms. The van der Waals surface area contributed by atoms with E-state index in [0.717, 1.165) is 66.5 Å². The Balaban J connectivity index is 1.32. The van der Waals surface area contributed by atoms with E-state index in [1.54, 1.807) is 0 Å². The van der Waals surface area contributed by atoms with E-state index in [0.29, 0.717) is 11.8 Å². The molecule has 5 nitrogen and oxygen atoms in total. The van der Waals surface area contributed by atoms with Crippen molar-refractivity contribution in [3.05, 3.63) is 71.9 Å². The Bertz CT molecular complexity index is 1050. The van der Waals surface area contributed by atoms with E-state index in [1.807, 2.05) is 61.5 Å². The molecule has 1 unspecified atom stereocenters. The molecule has 0 saturated carbocycles. The number of hydrogen-bond acceptors (Lipinski definition) is 5. The minimum atomic E-state index is 0.321. The lowest BCUT2D eigenvalue weighted by molar-refractivity contribution is 0.185. The minimum Gasteiger partial charge on any atom is -0.441 e. The molecule has 0 N–H and O–H groups in total. The number of fused-ring (bicyclic) bond motifs is 1. The van der Waals surface area contributed by atoms with Gasteiger partial charge in [0.15, 0.2) is 11.5 Å². The van der Waals surface area contributed by atoms with E-state index in [1.165, 1.54) is 0 Å². The summed E-state index contributed by atoms with van der Waals surface area (Å²) in [6.07, 6.45) is 2.24. The van der Waals surface area contributed by atoms with Crippen molar-refractivity contribution >= 4 is 11.1 Å². The third-order valence-corrected chi connectivity index (χ3v) is 5.45. The quantitative estimate of drug-likeness (QED) is 0.494. The van der Waals surface area contributed by atoms with Gasteiger partial charge in [-0.2, -0.15) is 0 Å². The maximum absolute atomic E-state index is 6.02. The number of rotatable bonds is 4. The third kappa shape index (κ3) is 3.34. The molecule has 1 aliphatic rings. The van der Waals surface area contributed by atoms with Crippen LogP contribution in [0.4, 0.5) is 0 Å². The lowest BCUT2D eigenvalue weighted by atomic mass is 9.98. The lowest BCUT2D eigenvalue weighted by Gasteiger charge is -2.30. The van der Waals surface area contributed by atoms with Gasteiger partial charge in [-0.25, -0.2) is 9.97 Å². The zero-order valence-corrected chi connectivity index (χ0v) is 16.0. The van der Waals surface area contributed by atoms with Crippen LogP contribution in [0.2, 0.25) is 0 Å². The second-order valence-corrected chi connectivity index (χ2v) is 7.48. The first-order valence-corrected chi connectivity index (χ1v) is 9.86. The van der Waals surface area contributed by atoms with E-state index in [2.05, 4.69) is 4.90 Å². The van der Waals surface area contributed by atoms with E-state index < -0.39 is 0 Å². The van der Waals surface area contributed by atoms with Gasteiger partial charge < -0.3 is 8.83 Å². The van der Waals surface area contributed by atoms with Crippen molar-refractivity contribution in [2.45, 2.75) is 32.2 Å². The number of benzene rings is 2. The van der Waals surface area contributed by atoms with Gasteiger partial charge >= 0.3 is 0 Å². The summed E-state index contributed by atoms with van der Waals surface area (Å²) >= 11 is 0. The van der Waals surface area contributed by atoms with Crippen LogP contribution in [-0.2, 0) is 6.54 Å². The largest absolute Gasteiger partial charge is 0.441 e. The number of para-hydroxylation sites is 2. The van der Waals surface area contributed by atoms with Crippen LogP contribution in [0.15, 0.2) is 63.4 Å². The Morgan fingerprint density at radius 1 is 1.00 bits per heavy atom. The molecule has 1 aliphatic heterocycles. The maximum Gasteiger partial charge on any atom is 0.226 e. The predicted molar refractivity (Wildman–Crippen MR) is 108 cm³/mol. The van der Waals surface area contributed by atoms with Gasteiger partial charge in [-0.1, -0.05) is 30.3 Å². The van der Waals surface area contributed by atoms with Crippen LogP contribution < -0.4 is 0 Å². The molecule has 0 spiro atoms. The van der Waals surface area contributed by atoms with Crippen molar-refractivity contribution < 1.29 is 8.83 Å². The fourth-order valence-corrected chi connectivity index (χ4v) is 3.96. The molecular weight excluding hydrogens is 350 g/mol. The molecule has 1 atom stereocenters. The van der Waals surface area contributed by atoms with Crippen LogP contribution in [0, 0.1) is 6.92 Å². The molecular formula is C23H23N3O2. The number of aryl methyl sites for hydroxylation is 1. The van der Waals surface area contributed by atoms with Crippen LogP contribution in [0.25, 0.3) is 22.6 Å². The molecule has 1 fully saturated rings. The minimum absolute atomic E-state index is 0.321. The lowest BCUT2D eigenvalue weighted by Crippen LogP contribution is -2.34. The van der Waals surface area contributed by atoms with Gasteiger partial charge in [0.1, 0.15) is 11.3 Å². The van der Waals surface area contributed by atoms with Gasteiger partial charge in [-0.3, -0.25) is 4.90 Å². The summed E-state index contributed by atoms with van der Waals surface area (Å²) in [4.78, 5) is 11.9. The fourth-order valence-electron chi connectivity index (χ4n) is 3.96. The number of likely N-dealkylation sites (tertiary alicyclic amines) is 1. The first-order valence-electron chi connectivity index (χ1n) is 9.86. The summed E-state index contributed by atoms with van der Waals surface area (Å²) in [7, 11) is 0. The van der Waals surface area contributed by atoms with Gasteiger partial charge in [0.05, 0.1) is 5.69 Å². The average molecular weight is 373 g/mol. The highest BCUT2D eigenvalue weighted by molar-refractivity contribution is 5.72. The molecule has 0 bridgehead atoms. The molecule has 2 aromatic carbocycles. The Morgan fingerprint density at radius 3 is 2.68 bits per heavy atom. The van der Waals surface area contributed by atoms with Crippen molar-refractivity contribution in [2.24, 2.45) is 0 Å². The summed E-state index contributed by atoms with van der Waals surface area (Å²) in [6, 6.07) is 18.0. The second-order valence-electron chi connectivity index (χ2n) is 7.48. The van der Waals surface area contributed by atoms with Crippen LogP contribution in [0.3, 0.4) is 0 Å². The first kappa shape index (κ1) is 17.2. The Morgan fingerprint density at radius 2 is 1.82 bits per heavy atom. The van der Waals surface area contributed by atoms with Crippen molar-refractivity contribution in [3.8, 4) is 11.5 Å². The van der Waals surface area contributed by atoms with E-state index >= 15 is 0 Å². The zero-order chi connectivity index (χ0) is 18.9. The van der Waals surface area contributed by atoms with Crippen molar-refractivity contribution in [1.29, 1.82) is 0 Å². The SMILES string of the molecule is Cc1oc(-c2ccccc2)nc1CN1CCCC(c2nc3ccccc3o2)C1. The van der Waals surface area contributed by atoms with Gasteiger partial charge in [0.2, 0.25) is 5.89 Å². The van der Waals surface area contributed by atoms with E-state index in [-0.39, 0.29) is 0 Å². The predicted octanol–water partition coefficient (Wildman–Crippen LogP) is 5.17. The van der Waals surface area contributed by atoms with E-state index in [4.69, 9.17) is 18.8 Å². The van der Waals surface area contributed by atoms with Gasteiger partial charge in [0.25, 0.3) is 0 Å². The van der Waals surface area contributed by atoms with Crippen LogP contribution >= 0.6 is 0 Å². The topological polar surface area (TPSA) is 55.3 Å². The average Bonchev–Trinajstić information content (AvgIpc) is 3.33. The molecule has 0 amide bonds. The zero-order valence-electron chi connectivity index (χ0n) is 16.0. The normalized spacial score (nSPS) is 18.0. The summed E-state index contributed by atoms with van der Waals surface area (Å²) in [6.45, 7) is 4.78. The Labute approximate surface area is 164 Å². The first-order chi connectivity index (χ1) is 13.8. The molecule has 4 aromatic rings. The molecule has 3 heterocycles. The second kappa shape index (κ2) is 7.24. The van der Waals surface area contributed by atoms with Crippen molar-refractivity contribution in [3.63, 3.8) is 0 Å². The molecule has 0 radical (unpaired) electrons. The van der Waals surface area contributed by atoms with Crippen LogP contribution in [0.5, 0.6) is 0 Å².